The predicted octanol–water partition coefficient (Wildman–Crippen LogP) is 5.25. The minimum Gasteiger partial charge on any atom is -0.326 e. The van der Waals surface area contributed by atoms with Crippen LogP contribution in [0.2, 0.25) is 0 Å². The zero-order valence-corrected chi connectivity index (χ0v) is 19.7. The standard InChI is InChI=1S/C28H20N4O2S/c1-3-15-32-25-14-13-20(29-18(2)33)16-26(25)35-28(32)31-27(34)22-17-24(19-9-5-4-6-10-19)30-23-12-8-7-11-21(22)23/h1,4-14,16-17H,15H2,2H3,(H,29,33). The lowest BCUT2D eigenvalue weighted by molar-refractivity contribution is -0.114. The Bertz CT molecular complexity index is 1710. The number of anilines is 1. The Balaban J connectivity index is 1.67. The van der Waals surface area contributed by atoms with Gasteiger partial charge in [0, 0.05) is 23.6 Å². The largest absolute Gasteiger partial charge is 0.326 e. The summed E-state index contributed by atoms with van der Waals surface area (Å²) in [5.41, 5.74) is 4.33. The van der Waals surface area contributed by atoms with E-state index in [1.165, 1.54) is 18.3 Å². The summed E-state index contributed by atoms with van der Waals surface area (Å²) in [5.74, 6) is 2.11. The maximum absolute atomic E-state index is 13.5. The molecule has 0 aliphatic carbocycles. The molecular formula is C28H20N4O2S. The van der Waals surface area contributed by atoms with Crippen LogP contribution >= 0.6 is 11.3 Å². The third kappa shape index (κ3) is 4.47. The van der Waals surface area contributed by atoms with E-state index >= 15 is 0 Å². The maximum Gasteiger partial charge on any atom is 0.280 e. The number of aromatic nitrogens is 2. The lowest BCUT2D eigenvalue weighted by Gasteiger charge is -2.07. The fraction of sp³-hybridized carbons (Fsp3) is 0.0714. The van der Waals surface area contributed by atoms with Crippen LogP contribution in [0.1, 0.15) is 17.3 Å². The van der Waals surface area contributed by atoms with E-state index in [4.69, 9.17) is 11.4 Å². The summed E-state index contributed by atoms with van der Waals surface area (Å²) in [7, 11) is 0. The van der Waals surface area contributed by atoms with Crippen molar-refractivity contribution in [3.05, 3.63) is 89.2 Å². The molecule has 0 bridgehead atoms. The Morgan fingerprint density at radius 3 is 2.60 bits per heavy atom. The molecule has 5 rings (SSSR count). The number of para-hydroxylation sites is 1. The highest BCUT2D eigenvalue weighted by atomic mass is 32.1. The summed E-state index contributed by atoms with van der Waals surface area (Å²) in [6.07, 6.45) is 5.62. The Morgan fingerprint density at radius 1 is 1.06 bits per heavy atom. The Labute approximate surface area is 205 Å². The number of rotatable bonds is 4. The number of carbonyl (C=O) groups excluding carboxylic acids is 2. The minimum atomic E-state index is -0.375. The highest BCUT2D eigenvalue weighted by Gasteiger charge is 2.15. The number of terminal acetylenes is 1. The number of nitrogens with zero attached hydrogens (tertiary/aromatic N) is 3. The fourth-order valence-electron chi connectivity index (χ4n) is 3.94. The van der Waals surface area contributed by atoms with Crippen LogP contribution in [-0.4, -0.2) is 21.4 Å². The van der Waals surface area contributed by atoms with Crippen LogP contribution in [0.15, 0.2) is 83.9 Å². The first-order valence-corrected chi connectivity index (χ1v) is 11.7. The van der Waals surface area contributed by atoms with Gasteiger partial charge in [0.1, 0.15) is 0 Å². The van der Waals surface area contributed by atoms with Gasteiger partial charge in [0.05, 0.1) is 33.5 Å². The summed E-state index contributed by atoms with van der Waals surface area (Å²) < 4.78 is 2.69. The molecule has 0 fully saturated rings. The molecule has 0 atom stereocenters. The molecule has 0 saturated carbocycles. The summed E-state index contributed by atoms with van der Waals surface area (Å²) in [6, 6.07) is 24.6. The van der Waals surface area contributed by atoms with E-state index in [0.29, 0.717) is 21.7 Å². The first-order valence-electron chi connectivity index (χ1n) is 10.9. The van der Waals surface area contributed by atoms with Gasteiger partial charge in [-0.2, -0.15) is 4.99 Å². The second-order valence-corrected chi connectivity index (χ2v) is 8.90. The molecule has 0 aliphatic rings. The van der Waals surface area contributed by atoms with Crippen LogP contribution in [0.4, 0.5) is 5.69 Å². The molecule has 2 heterocycles. The van der Waals surface area contributed by atoms with Gasteiger partial charge >= 0.3 is 0 Å². The molecule has 170 valence electrons. The number of amides is 2. The van der Waals surface area contributed by atoms with E-state index in [1.807, 2.05) is 71.3 Å². The number of thiazole rings is 1. The van der Waals surface area contributed by atoms with Gasteiger partial charge in [0.2, 0.25) is 5.91 Å². The number of hydrogen-bond acceptors (Lipinski definition) is 4. The zero-order chi connectivity index (χ0) is 24.4. The van der Waals surface area contributed by atoms with Gasteiger partial charge in [-0.25, -0.2) is 4.98 Å². The van der Waals surface area contributed by atoms with E-state index in [-0.39, 0.29) is 18.4 Å². The number of hydrogen-bond donors (Lipinski definition) is 1. The molecule has 0 unspecified atom stereocenters. The topological polar surface area (TPSA) is 76.3 Å². The van der Waals surface area contributed by atoms with Crippen molar-refractivity contribution in [3.63, 3.8) is 0 Å². The van der Waals surface area contributed by atoms with E-state index < -0.39 is 0 Å². The van der Waals surface area contributed by atoms with Gasteiger partial charge in [0.15, 0.2) is 4.80 Å². The summed E-state index contributed by atoms with van der Waals surface area (Å²) in [4.78, 5) is 34.7. The van der Waals surface area contributed by atoms with Crippen molar-refractivity contribution in [2.45, 2.75) is 13.5 Å². The van der Waals surface area contributed by atoms with E-state index in [0.717, 1.165) is 26.7 Å². The van der Waals surface area contributed by atoms with Crippen molar-refractivity contribution >= 4 is 50.0 Å². The van der Waals surface area contributed by atoms with Gasteiger partial charge in [-0.1, -0.05) is 65.8 Å². The van der Waals surface area contributed by atoms with Crippen LogP contribution < -0.4 is 10.1 Å². The maximum atomic E-state index is 13.5. The Morgan fingerprint density at radius 2 is 1.83 bits per heavy atom. The van der Waals surface area contributed by atoms with Crippen LogP contribution in [0.25, 0.3) is 32.4 Å². The number of pyridine rings is 1. The highest BCUT2D eigenvalue weighted by Crippen LogP contribution is 2.26. The molecule has 35 heavy (non-hydrogen) atoms. The number of carbonyl (C=O) groups is 2. The van der Waals surface area contributed by atoms with Crippen molar-refractivity contribution in [1.29, 1.82) is 0 Å². The molecule has 0 saturated heterocycles. The minimum absolute atomic E-state index is 0.156. The monoisotopic (exact) mass is 476 g/mol. The van der Waals surface area contributed by atoms with Crippen molar-refractivity contribution in [2.75, 3.05) is 5.32 Å². The van der Waals surface area contributed by atoms with Crippen LogP contribution in [-0.2, 0) is 11.3 Å². The smallest absolute Gasteiger partial charge is 0.280 e. The fourth-order valence-corrected chi connectivity index (χ4v) is 5.01. The van der Waals surface area contributed by atoms with Gasteiger partial charge in [-0.05, 0) is 30.3 Å². The van der Waals surface area contributed by atoms with Gasteiger partial charge < -0.3 is 9.88 Å². The average Bonchev–Trinajstić information content (AvgIpc) is 3.19. The van der Waals surface area contributed by atoms with E-state index in [1.54, 1.807) is 12.1 Å². The van der Waals surface area contributed by atoms with Crippen molar-refractivity contribution in [1.82, 2.24) is 9.55 Å². The quantitative estimate of drug-likeness (QED) is 0.360. The van der Waals surface area contributed by atoms with Crippen molar-refractivity contribution < 1.29 is 9.59 Å². The third-order valence-corrected chi connectivity index (χ3v) is 6.51. The molecule has 6 nitrogen and oxygen atoms in total. The zero-order valence-electron chi connectivity index (χ0n) is 18.9. The summed E-state index contributed by atoms with van der Waals surface area (Å²) in [5, 5.41) is 3.51. The highest BCUT2D eigenvalue weighted by molar-refractivity contribution is 7.16. The molecule has 2 aromatic heterocycles. The Kier molecular flexibility index (Phi) is 5.96. The molecule has 5 aromatic rings. The first-order chi connectivity index (χ1) is 17.0. The molecule has 0 spiro atoms. The number of nitrogens with one attached hydrogen (secondary N) is 1. The average molecular weight is 477 g/mol. The number of fused-ring (bicyclic) bond motifs is 2. The van der Waals surface area contributed by atoms with Crippen molar-refractivity contribution in [3.8, 4) is 23.6 Å². The SMILES string of the molecule is C#CCn1c(=NC(=O)c2cc(-c3ccccc3)nc3ccccc23)sc2cc(NC(C)=O)ccc21. The first kappa shape index (κ1) is 22.3. The van der Waals surface area contributed by atoms with E-state index in [2.05, 4.69) is 16.2 Å². The molecule has 7 heteroatoms. The van der Waals surface area contributed by atoms with Crippen LogP contribution in [0.5, 0.6) is 0 Å². The van der Waals surface area contributed by atoms with Crippen LogP contribution in [0.3, 0.4) is 0 Å². The molecule has 1 N–H and O–H groups in total. The predicted molar refractivity (Wildman–Crippen MR) is 140 cm³/mol. The second kappa shape index (κ2) is 9.37. The lowest BCUT2D eigenvalue weighted by Crippen LogP contribution is -2.16. The lowest BCUT2D eigenvalue weighted by atomic mass is 10.0. The van der Waals surface area contributed by atoms with Crippen molar-refractivity contribution in [2.24, 2.45) is 4.99 Å². The van der Waals surface area contributed by atoms with Gasteiger partial charge in [-0.3, -0.25) is 9.59 Å². The van der Waals surface area contributed by atoms with Crippen LogP contribution in [0, 0.1) is 12.3 Å². The van der Waals surface area contributed by atoms with E-state index in [9.17, 15) is 9.59 Å². The molecule has 2 amide bonds. The molecular weight excluding hydrogens is 456 g/mol. The second-order valence-electron chi connectivity index (χ2n) is 7.89. The summed E-state index contributed by atoms with van der Waals surface area (Å²) in [6.45, 7) is 1.72. The van der Waals surface area contributed by atoms with Gasteiger partial charge in [-0.15, -0.1) is 6.42 Å². The molecule has 0 radical (unpaired) electrons. The summed E-state index contributed by atoms with van der Waals surface area (Å²) >= 11 is 1.35. The normalized spacial score (nSPS) is 11.5. The third-order valence-electron chi connectivity index (χ3n) is 5.47. The number of benzene rings is 3. The Hall–Kier alpha value is -4.54. The van der Waals surface area contributed by atoms with Gasteiger partial charge in [0.25, 0.3) is 5.91 Å². The molecule has 3 aromatic carbocycles. The molecule has 0 aliphatic heterocycles.